The maximum absolute atomic E-state index is 8.71. The molecule has 0 aliphatic carbocycles. The Kier molecular flexibility index (Phi) is 7.63. The molecule has 4 nitrogen and oxygen atoms in total. The largest absolute Gasteiger partial charge is 0.396 e. The van der Waals surface area contributed by atoms with E-state index in [1.807, 2.05) is 18.2 Å². The molecule has 0 spiro atoms. The molecule has 5 heteroatoms. The van der Waals surface area contributed by atoms with E-state index in [4.69, 9.17) is 10.9 Å². The van der Waals surface area contributed by atoms with Gasteiger partial charge in [0.05, 0.1) is 10.2 Å². The topological polar surface area (TPSA) is 62.4 Å². The summed E-state index contributed by atoms with van der Waals surface area (Å²) in [6.07, 6.45) is 9.53. The lowest BCUT2D eigenvalue weighted by molar-refractivity contribution is 0.282. The van der Waals surface area contributed by atoms with Crippen LogP contribution in [0, 0.1) is 0 Å². The number of anilines is 1. The van der Waals surface area contributed by atoms with Crippen LogP contribution in [0.15, 0.2) is 24.3 Å². The molecule has 0 radical (unpaired) electrons. The average Bonchev–Trinajstić information content (AvgIpc) is 2.97. The monoisotopic (exact) mass is 321 g/mol. The highest BCUT2D eigenvalue weighted by Crippen LogP contribution is 2.27. The number of fused-ring (bicyclic) bond motifs is 1. The number of benzene rings is 1. The van der Waals surface area contributed by atoms with Crippen LogP contribution in [0.3, 0.4) is 0 Å². The van der Waals surface area contributed by atoms with Crippen LogP contribution >= 0.6 is 11.3 Å². The number of hydrogen-bond donors (Lipinski definition) is 2. The van der Waals surface area contributed by atoms with E-state index < -0.39 is 0 Å². The van der Waals surface area contributed by atoms with E-state index >= 15 is 0 Å². The van der Waals surface area contributed by atoms with Crippen molar-refractivity contribution in [1.82, 2.24) is 4.98 Å². The van der Waals surface area contributed by atoms with Gasteiger partial charge in [0, 0.05) is 13.2 Å². The predicted octanol–water partition coefficient (Wildman–Crippen LogP) is 4.09. The van der Waals surface area contributed by atoms with E-state index in [0.29, 0.717) is 6.61 Å². The molecule has 0 unspecified atom stereocenters. The van der Waals surface area contributed by atoms with Crippen LogP contribution in [0.4, 0.5) is 5.13 Å². The molecule has 122 valence electrons. The molecule has 1 aromatic carbocycles. The quantitative estimate of drug-likeness (QED) is 0.372. The molecule has 1 aromatic heterocycles. The maximum Gasteiger partial charge on any atom is 0.200 e. The highest BCUT2D eigenvalue weighted by atomic mass is 32.1. The second-order valence-electron chi connectivity index (χ2n) is 5.71. The number of nitrogens with zero attached hydrogens (tertiary/aromatic N) is 2. The Morgan fingerprint density at radius 1 is 0.955 bits per heavy atom. The van der Waals surface area contributed by atoms with Gasteiger partial charge in [-0.25, -0.2) is 10.8 Å². The van der Waals surface area contributed by atoms with E-state index in [2.05, 4.69) is 11.1 Å². The fourth-order valence-corrected chi connectivity index (χ4v) is 3.45. The summed E-state index contributed by atoms with van der Waals surface area (Å²) in [5.41, 5.74) is 1.03. The van der Waals surface area contributed by atoms with Crippen LogP contribution in [0.5, 0.6) is 0 Å². The second kappa shape index (κ2) is 9.77. The van der Waals surface area contributed by atoms with E-state index in [0.717, 1.165) is 36.5 Å². The molecule has 0 fully saturated rings. The zero-order valence-corrected chi connectivity index (χ0v) is 14.0. The van der Waals surface area contributed by atoms with Crippen molar-refractivity contribution >= 4 is 26.7 Å². The number of hydrogen-bond acceptors (Lipinski definition) is 5. The molecule has 22 heavy (non-hydrogen) atoms. The number of unbranched alkanes of at least 4 members (excludes halogenated alkanes) is 7. The summed E-state index contributed by atoms with van der Waals surface area (Å²) in [6.45, 7) is 1.20. The summed E-state index contributed by atoms with van der Waals surface area (Å²) < 4.78 is 1.19. The molecule has 2 aromatic rings. The molecule has 0 amide bonds. The lowest BCUT2D eigenvalue weighted by Crippen LogP contribution is -2.31. The van der Waals surface area contributed by atoms with E-state index in [1.165, 1.54) is 36.8 Å². The first-order chi connectivity index (χ1) is 10.8. The highest BCUT2D eigenvalue weighted by Gasteiger charge is 2.07. The Labute approximate surface area is 136 Å². The summed E-state index contributed by atoms with van der Waals surface area (Å²) in [6, 6.07) is 8.15. The molecule has 0 saturated heterocycles. The fourth-order valence-electron chi connectivity index (χ4n) is 2.53. The summed E-state index contributed by atoms with van der Waals surface area (Å²) >= 11 is 1.65. The third-order valence-corrected chi connectivity index (χ3v) is 4.91. The summed E-state index contributed by atoms with van der Waals surface area (Å²) in [5, 5.41) is 11.4. The second-order valence-corrected chi connectivity index (χ2v) is 6.72. The predicted molar refractivity (Wildman–Crippen MR) is 95.2 cm³/mol. The Morgan fingerprint density at radius 2 is 1.59 bits per heavy atom. The average molecular weight is 321 g/mol. The van der Waals surface area contributed by atoms with Gasteiger partial charge in [-0.2, -0.15) is 0 Å². The molecule has 0 saturated carbocycles. The third-order valence-electron chi connectivity index (χ3n) is 3.84. The fraction of sp³-hybridized carbons (Fsp3) is 0.588. The smallest absolute Gasteiger partial charge is 0.200 e. The molecule has 2 rings (SSSR count). The first-order valence-electron chi connectivity index (χ1n) is 8.30. The Morgan fingerprint density at radius 3 is 2.27 bits per heavy atom. The van der Waals surface area contributed by atoms with Crippen molar-refractivity contribution in [3.05, 3.63) is 24.3 Å². The number of nitrogens with two attached hydrogens (primary N) is 1. The highest BCUT2D eigenvalue weighted by molar-refractivity contribution is 7.22. The number of para-hydroxylation sites is 1. The van der Waals surface area contributed by atoms with Gasteiger partial charge < -0.3 is 5.11 Å². The molecule has 0 aliphatic rings. The minimum absolute atomic E-state index is 0.331. The number of hydrazine groups is 1. The van der Waals surface area contributed by atoms with Crippen LogP contribution in [0.1, 0.15) is 51.4 Å². The minimum Gasteiger partial charge on any atom is -0.396 e. The van der Waals surface area contributed by atoms with Crippen molar-refractivity contribution in [2.24, 2.45) is 5.84 Å². The standard InChI is InChI=1S/C17H27N3OS/c18-20(13-9-5-3-1-2-4-6-10-14-21)17-19-15-11-7-8-12-16(15)22-17/h7-8,11-12,21H,1-6,9-10,13-14,18H2. The normalized spacial score (nSPS) is 11.2. The zero-order chi connectivity index (χ0) is 15.6. The van der Waals surface area contributed by atoms with Gasteiger partial charge in [0.2, 0.25) is 5.13 Å². The van der Waals surface area contributed by atoms with Crippen molar-refractivity contribution < 1.29 is 5.11 Å². The van der Waals surface area contributed by atoms with Gasteiger partial charge in [-0.1, -0.05) is 62.0 Å². The van der Waals surface area contributed by atoms with Gasteiger partial charge in [0.1, 0.15) is 0 Å². The lowest BCUT2D eigenvalue weighted by Gasteiger charge is -2.14. The molecule has 1 heterocycles. The van der Waals surface area contributed by atoms with E-state index in [1.54, 1.807) is 16.3 Å². The Hall–Kier alpha value is -1.17. The van der Waals surface area contributed by atoms with Crippen molar-refractivity contribution in [2.75, 3.05) is 18.2 Å². The molecular formula is C17H27N3OS. The summed E-state index contributed by atoms with van der Waals surface area (Å²) in [4.78, 5) is 4.57. The number of aliphatic hydroxyl groups excluding tert-OH is 1. The van der Waals surface area contributed by atoms with Gasteiger partial charge >= 0.3 is 0 Å². The van der Waals surface area contributed by atoms with Crippen molar-refractivity contribution in [3.63, 3.8) is 0 Å². The first kappa shape index (κ1) is 17.2. The van der Waals surface area contributed by atoms with E-state index in [9.17, 15) is 0 Å². The van der Waals surface area contributed by atoms with Crippen LogP contribution in [0.2, 0.25) is 0 Å². The number of aromatic nitrogens is 1. The SMILES string of the molecule is NN(CCCCCCCCCCO)c1nc2ccccc2s1. The molecule has 0 bridgehead atoms. The van der Waals surface area contributed by atoms with Crippen LogP contribution < -0.4 is 10.9 Å². The van der Waals surface area contributed by atoms with Crippen molar-refractivity contribution in [2.45, 2.75) is 51.4 Å². The van der Waals surface area contributed by atoms with Gasteiger partial charge in [0.25, 0.3) is 0 Å². The Bertz CT molecular complexity index is 510. The van der Waals surface area contributed by atoms with Gasteiger partial charge in [-0.15, -0.1) is 0 Å². The van der Waals surface area contributed by atoms with Gasteiger partial charge in [-0.05, 0) is 25.0 Å². The third kappa shape index (κ3) is 5.55. The summed E-state index contributed by atoms with van der Waals surface area (Å²) in [7, 11) is 0. The molecule has 0 atom stereocenters. The van der Waals surface area contributed by atoms with Crippen molar-refractivity contribution in [3.8, 4) is 0 Å². The number of aliphatic hydroxyl groups is 1. The van der Waals surface area contributed by atoms with Gasteiger partial charge in [-0.3, -0.25) is 5.01 Å². The molecule has 3 N–H and O–H groups in total. The zero-order valence-electron chi connectivity index (χ0n) is 13.2. The van der Waals surface area contributed by atoms with E-state index in [-0.39, 0.29) is 0 Å². The number of rotatable bonds is 11. The molecular weight excluding hydrogens is 294 g/mol. The lowest BCUT2D eigenvalue weighted by atomic mass is 10.1. The van der Waals surface area contributed by atoms with Crippen molar-refractivity contribution in [1.29, 1.82) is 0 Å². The summed E-state index contributed by atoms with van der Waals surface area (Å²) in [5.74, 6) is 6.11. The Balaban J connectivity index is 1.58. The maximum atomic E-state index is 8.71. The first-order valence-corrected chi connectivity index (χ1v) is 9.11. The minimum atomic E-state index is 0.331. The number of thiazole rings is 1. The molecule has 0 aliphatic heterocycles. The van der Waals surface area contributed by atoms with Crippen LogP contribution in [-0.4, -0.2) is 23.2 Å². The van der Waals surface area contributed by atoms with Crippen LogP contribution in [0.25, 0.3) is 10.2 Å². The van der Waals surface area contributed by atoms with Crippen LogP contribution in [-0.2, 0) is 0 Å². The van der Waals surface area contributed by atoms with Gasteiger partial charge in [0.15, 0.2) is 0 Å².